The van der Waals surface area contributed by atoms with Crippen LogP contribution in [0.3, 0.4) is 0 Å². The zero-order valence-corrected chi connectivity index (χ0v) is 11.6. The van der Waals surface area contributed by atoms with E-state index in [1.807, 2.05) is 0 Å². The average molecular weight is 299 g/mol. The lowest BCUT2D eigenvalue weighted by Gasteiger charge is -2.15. The maximum absolute atomic E-state index is 12.1. The summed E-state index contributed by atoms with van der Waals surface area (Å²) in [5.41, 5.74) is 6.47. The average Bonchev–Trinajstić information content (AvgIpc) is 2.86. The van der Waals surface area contributed by atoms with E-state index in [1.54, 1.807) is 30.2 Å². The quantitative estimate of drug-likeness (QED) is 0.856. The summed E-state index contributed by atoms with van der Waals surface area (Å²) in [6.45, 7) is 1.75. The maximum Gasteiger partial charge on any atom is 0.247 e. The summed E-state index contributed by atoms with van der Waals surface area (Å²) in [7, 11) is 0. The Hall–Kier alpha value is -1.72. The molecular formula is C12H12Cl2N4O. The molecule has 0 aliphatic rings. The van der Waals surface area contributed by atoms with Crippen LogP contribution in [0, 0.1) is 0 Å². The second-order valence-electron chi connectivity index (χ2n) is 4.03. The summed E-state index contributed by atoms with van der Waals surface area (Å²) >= 11 is 11.8. The molecule has 7 heteroatoms. The predicted molar refractivity (Wildman–Crippen MR) is 76.4 cm³/mol. The van der Waals surface area contributed by atoms with Gasteiger partial charge < -0.3 is 15.6 Å². The van der Waals surface area contributed by atoms with Crippen LogP contribution in [0.5, 0.6) is 0 Å². The zero-order chi connectivity index (χ0) is 14.0. The Bertz CT molecular complexity index is 575. The topological polar surface area (TPSA) is 72.9 Å². The highest BCUT2D eigenvalue weighted by Gasteiger charge is 2.17. The van der Waals surface area contributed by atoms with Gasteiger partial charge in [-0.1, -0.05) is 23.2 Å². The molecule has 1 amide bonds. The van der Waals surface area contributed by atoms with E-state index in [0.717, 1.165) is 0 Å². The number of aromatic nitrogens is 2. The molecule has 1 atom stereocenters. The van der Waals surface area contributed by atoms with Crippen molar-refractivity contribution < 1.29 is 4.79 Å². The van der Waals surface area contributed by atoms with E-state index in [0.29, 0.717) is 21.4 Å². The molecule has 3 N–H and O–H groups in total. The smallest absolute Gasteiger partial charge is 0.247 e. The van der Waals surface area contributed by atoms with Gasteiger partial charge in [-0.2, -0.15) is 0 Å². The van der Waals surface area contributed by atoms with Crippen LogP contribution in [-0.2, 0) is 4.79 Å². The van der Waals surface area contributed by atoms with Crippen LogP contribution >= 0.6 is 23.2 Å². The summed E-state index contributed by atoms with van der Waals surface area (Å²) in [5, 5.41) is 3.41. The van der Waals surface area contributed by atoms with Gasteiger partial charge >= 0.3 is 0 Å². The van der Waals surface area contributed by atoms with E-state index in [2.05, 4.69) is 10.3 Å². The Morgan fingerprint density at radius 2 is 2.21 bits per heavy atom. The van der Waals surface area contributed by atoms with E-state index in [-0.39, 0.29) is 5.91 Å². The van der Waals surface area contributed by atoms with Gasteiger partial charge in [0.25, 0.3) is 0 Å². The molecule has 1 aromatic carbocycles. The number of anilines is 2. The minimum atomic E-state index is -0.423. The van der Waals surface area contributed by atoms with Crippen LogP contribution in [0.1, 0.15) is 13.0 Å². The standard InChI is InChI=1S/C12H12Cl2N4O/c1-7(18-3-2-16-6-18)12(19)17-11-9(14)4-8(13)5-10(11)15/h2-7H,15H2,1H3,(H,17,19). The normalized spacial score (nSPS) is 12.2. The monoisotopic (exact) mass is 298 g/mol. The number of amides is 1. The molecule has 0 saturated heterocycles. The molecular weight excluding hydrogens is 287 g/mol. The summed E-state index contributed by atoms with van der Waals surface area (Å²) in [6, 6.07) is 2.63. The number of halogens is 2. The summed E-state index contributed by atoms with van der Waals surface area (Å²) < 4.78 is 1.68. The number of nitrogen functional groups attached to an aromatic ring is 1. The van der Waals surface area contributed by atoms with Gasteiger partial charge in [0.15, 0.2) is 0 Å². The van der Waals surface area contributed by atoms with Crippen molar-refractivity contribution in [3.8, 4) is 0 Å². The highest BCUT2D eigenvalue weighted by atomic mass is 35.5. The molecule has 100 valence electrons. The minimum Gasteiger partial charge on any atom is -0.397 e. The molecule has 0 radical (unpaired) electrons. The number of carbonyl (C=O) groups is 1. The van der Waals surface area contributed by atoms with Crippen molar-refractivity contribution in [2.45, 2.75) is 13.0 Å². The lowest BCUT2D eigenvalue weighted by molar-refractivity contribution is -0.118. The Kier molecular flexibility index (Phi) is 3.97. The van der Waals surface area contributed by atoms with Crippen molar-refractivity contribution in [2.24, 2.45) is 0 Å². The second-order valence-corrected chi connectivity index (χ2v) is 4.87. The molecule has 2 rings (SSSR count). The van der Waals surface area contributed by atoms with Crippen molar-refractivity contribution >= 4 is 40.5 Å². The van der Waals surface area contributed by atoms with Crippen LogP contribution in [-0.4, -0.2) is 15.5 Å². The van der Waals surface area contributed by atoms with E-state index >= 15 is 0 Å². The van der Waals surface area contributed by atoms with Crippen molar-refractivity contribution in [1.82, 2.24) is 9.55 Å². The lowest BCUT2D eigenvalue weighted by Crippen LogP contribution is -2.23. The van der Waals surface area contributed by atoms with E-state index < -0.39 is 6.04 Å². The first-order valence-electron chi connectivity index (χ1n) is 5.52. The van der Waals surface area contributed by atoms with Crippen LogP contribution in [0.15, 0.2) is 30.9 Å². The number of nitrogens with zero attached hydrogens (tertiary/aromatic N) is 2. The van der Waals surface area contributed by atoms with Crippen LogP contribution < -0.4 is 11.1 Å². The SMILES string of the molecule is CC(C(=O)Nc1c(N)cc(Cl)cc1Cl)n1ccnc1. The fourth-order valence-corrected chi connectivity index (χ4v) is 2.14. The lowest BCUT2D eigenvalue weighted by atomic mass is 10.2. The highest BCUT2D eigenvalue weighted by Crippen LogP contribution is 2.32. The summed E-state index contributed by atoms with van der Waals surface area (Å²) in [6.07, 6.45) is 4.88. The van der Waals surface area contributed by atoms with E-state index in [1.165, 1.54) is 12.1 Å². The summed E-state index contributed by atoms with van der Waals surface area (Å²) in [5.74, 6) is -0.242. The van der Waals surface area contributed by atoms with Gasteiger partial charge in [-0.3, -0.25) is 4.79 Å². The third-order valence-electron chi connectivity index (χ3n) is 2.69. The maximum atomic E-state index is 12.1. The molecule has 2 aromatic rings. The third kappa shape index (κ3) is 3.00. The van der Waals surface area contributed by atoms with Gasteiger partial charge in [0.1, 0.15) is 6.04 Å². The fourth-order valence-electron chi connectivity index (χ4n) is 1.59. The molecule has 5 nitrogen and oxygen atoms in total. The molecule has 0 aliphatic heterocycles. The van der Waals surface area contributed by atoms with Crippen molar-refractivity contribution in [1.29, 1.82) is 0 Å². The number of hydrogen-bond donors (Lipinski definition) is 2. The first kappa shape index (κ1) is 13.7. The van der Waals surface area contributed by atoms with E-state index in [9.17, 15) is 4.79 Å². The molecule has 0 spiro atoms. The third-order valence-corrected chi connectivity index (χ3v) is 3.20. The number of benzene rings is 1. The van der Waals surface area contributed by atoms with Crippen molar-refractivity contribution in [2.75, 3.05) is 11.1 Å². The summed E-state index contributed by atoms with van der Waals surface area (Å²) in [4.78, 5) is 16.0. The molecule has 1 unspecified atom stereocenters. The minimum absolute atomic E-state index is 0.242. The molecule has 0 aliphatic carbocycles. The first-order chi connectivity index (χ1) is 8.99. The van der Waals surface area contributed by atoms with E-state index in [4.69, 9.17) is 28.9 Å². The molecule has 0 bridgehead atoms. The van der Waals surface area contributed by atoms with Crippen LogP contribution in [0.2, 0.25) is 10.0 Å². The van der Waals surface area contributed by atoms with Gasteiger partial charge in [-0.05, 0) is 19.1 Å². The number of hydrogen-bond acceptors (Lipinski definition) is 3. The Morgan fingerprint density at radius 1 is 1.47 bits per heavy atom. The molecule has 0 saturated carbocycles. The Labute approximate surface area is 120 Å². The number of nitrogens with two attached hydrogens (primary N) is 1. The van der Waals surface area contributed by atoms with Gasteiger partial charge in [0, 0.05) is 17.4 Å². The van der Waals surface area contributed by atoms with Crippen LogP contribution in [0.25, 0.3) is 0 Å². The Morgan fingerprint density at radius 3 is 2.79 bits per heavy atom. The van der Waals surface area contributed by atoms with Gasteiger partial charge in [-0.15, -0.1) is 0 Å². The van der Waals surface area contributed by atoms with Gasteiger partial charge in [0.2, 0.25) is 5.91 Å². The number of nitrogens with one attached hydrogen (secondary N) is 1. The zero-order valence-electron chi connectivity index (χ0n) is 10.1. The molecule has 0 fully saturated rings. The number of carbonyl (C=O) groups excluding carboxylic acids is 1. The second kappa shape index (κ2) is 5.50. The van der Waals surface area contributed by atoms with Crippen molar-refractivity contribution in [3.05, 3.63) is 40.9 Å². The molecule has 1 aromatic heterocycles. The predicted octanol–water partition coefficient (Wildman–Crippen LogP) is 2.97. The largest absolute Gasteiger partial charge is 0.397 e. The van der Waals surface area contributed by atoms with Gasteiger partial charge in [0.05, 0.1) is 22.7 Å². The fraction of sp³-hybridized carbons (Fsp3) is 0.167. The highest BCUT2D eigenvalue weighted by molar-refractivity contribution is 6.37. The van der Waals surface area contributed by atoms with Crippen molar-refractivity contribution in [3.63, 3.8) is 0 Å². The van der Waals surface area contributed by atoms with Gasteiger partial charge in [-0.25, -0.2) is 4.98 Å². The number of imidazole rings is 1. The van der Waals surface area contributed by atoms with Crippen LogP contribution in [0.4, 0.5) is 11.4 Å². The Balaban J connectivity index is 2.20. The molecule has 1 heterocycles. The molecule has 19 heavy (non-hydrogen) atoms. The number of rotatable bonds is 3. The first-order valence-corrected chi connectivity index (χ1v) is 6.27.